The van der Waals surface area contributed by atoms with Gasteiger partial charge in [-0.25, -0.2) is 0 Å². The molecule has 3 aromatic rings. The molecular formula is C17H20N4O2. The van der Waals surface area contributed by atoms with Crippen LogP contribution in [0.2, 0.25) is 0 Å². The molecule has 120 valence electrons. The number of aryl methyl sites for hydroxylation is 3. The molecule has 2 aromatic heterocycles. The highest BCUT2D eigenvalue weighted by Crippen LogP contribution is 2.11. The van der Waals surface area contributed by atoms with E-state index in [0.29, 0.717) is 24.3 Å². The van der Waals surface area contributed by atoms with Gasteiger partial charge in [0, 0.05) is 30.8 Å². The number of rotatable bonds is 5. The van der Waals surface area contributed by atoms with Gasteiger partial charge in [-0.3, -0.25) is 4.79 Å². The average Bonchev–Trinajstić information content (AvgIpc) is 3.03. The van der Waals surface area contributed by atoms with E-state index < -0.39 is 0 Å². The molecule has 0 aliphatic heterocycles. The fourth-order valence-electron chi connectivity index (χ4n) is 2.82. The van der Waals surface area contributed by atoms with Gasteiger partial charge in [0.25, 0.3) is 5.56 Å². The lowest BCUT2D eigenvalue weighted by Crippen LogP contribution is -2.27. The first-order valence-corrected chi connectivity index (χ1v) is 7.70. The van der Waals surface area contributed by atoms with E-state index in [4.69, 9.17) is 0 Å². The SMILES string of the molecule is Cc1ccc(CCn2c(C)c(CCO)c(=O)n3ncnc23)cc1. The lowest BCUT2D eigenvalue weighted by atomic mass is 10.1. The zero-order chi connectivity index (χ0) is 16.4. The fourth-order valence-corrected chi connectivity index (χ4v) is 2.82. The molecule has 0 unspecified atom stereocenters. The van der Waals surface area contributed by atoms with E-state index in [0.717, 1.165) is 12.1 Å². The quantitative estimate of drug-likeness (QED) is 0.770. The third-order valence-corrected chi connectivity index (χ3v) is 4.17. The van der Waals surface area contributed by atoms with E-state index >= 15 is 0 Å². The second-order valence-corrected chi connectivity index (χ2v) is 5.70. The van der Waals surface area contributed by atoms with E-state index in [2.05, 4.69) is 41.3 Å². The van der Waals surface area contributed by atoms with Crippen molar-refractivity contribution in [3.63, 3.8) is 0 Å². The van der Waals surface area contributed by atoms with Gasteiger partial charge in [0.1, 0.15) is 6.33 Å². The second-order valence-electron chi connectivity index (χ2n) is 5.70. The lowest BCUT2D eigenvalue weighted by Gasteiger charge is -2.15. The number of benzene rings is 1. The summed E-state index contributed by atoms with van der Waals surface area (Å²) < 4.78 is 3.31. The van der Waals surface area contributed by atoms with Gasteiger partial charge in [0.2, 0.25) is 5.78 Å². The number of aliphatic hydroxyl groups is 1. The van der Waals surface area contributed by atoms with Crippen molar-refractivity contribution in [1.29, 1.82) is 0 Å². The molecule has 1 aromatic carbocycles. The largest absolute Gasteiger partial charge is 0.396 e. The van der Waals surface area contributed by atoms with Crippen molar-refractivity contribution < 1.29 is 5.11 Å². The predicted octanol–water partition coefficient (Wildman–Crippen LogP) is 1.29. The third-order valence-electron chi connectivity index (χ3n) is 4.17. The van der Waals surface area contributed by atoms with Crippen molar-refractivity contribution in [1.82, 2.24) is 19.2 Å². The molecular weight excluding hydrogens is 292 g/mol. The van der Waals surface area contributed by atoms with Gasteiger partial charge < -0.3 is 9.67 Å². The third kappa shape index (κ3) is 2.90. The van der Waals surface area contributed by atoms with E-state index in [1.165, 1.54) is 22.0 Å². The monoisotopic (exact) mass is 312 g/mol. The van der Waals surface area contributed by atoms with E-state index in [1.54, 1.807) is 0 Å². The van der Waals surface area contributed by atoms with Crippen LogP contribution in [-0.4, -0.2) is 30.9 Å². The lowest BCUT2D eigenvalue weighted by molar-refractivity contribution is 0.298. The maximum atomic E-state index is 12.4. The van der Waals surface area contributed by atoms with Crippen molar-refractivity contribution >= 4 is 5.78 Å². The normalized spacial score (nSPS) is 11.3. The standard InChI is InChI=1S/C17H20N4O2/c1-12-3-5-14(6-4-12)7-9-20-13(2)15(8-10-22)16(23)21-17(20)18-11-19-21/h3-6,11,22H,7-10H2,1-2H3. The molecule has 6 nitrogen and oxygen atoms in total. The van der Waals surface area contributed by atoms with Crippen molar-refractivity contribution in [3.05, 3.63) is 63.3 Å². The van der Waals surface area contributed by atoms with Gasteiger partial charge in [0.05, 0.1) is 0 Å². The van der Waals surface area contributed by atoms with Gasteiger partial charge in [0.15, 0.2) is 0 Å². The molecule has 0 saturated heterocycles. The summed E-state index contributed by atoms with van der Waals surface area (Å²) in [6, 6.07) is 8.42. The molecule has 23 heavy (non-hydrogen) atoms. The summed E-state index contributed by atoms with van der Waals surface area (Å²) in [5, 5.41) is 13.2. The maximum absolute atomic E-state index is 12.4. The van der Waals surface area contributed by atoms with Crippen molar-refractivity contribution in [2.75, 3.05) is 6.61 Å². The van der Waals surface area contributed by atoms with Crippen molar-refractivity contribution in [2.24, 2.45) is 0 Å². The summed E-state index contributed by atoms with van der Waals surface area (Å²) >= 11 is 0. The van der Waals surface area contributed by atoms with Gasteiger partial charge in [-0.2, -0.15) is 14.6 Å². The minimum Gasteiger partial charge on any atom is -0.396 e. The van der Waals surface area contributed by atoms with E-state index in [1.807, 2.05) is 11.5 Å². The van der Waals surface area contributed by atoms with Crippen LogP contribution in [0.5, 0.6) is 0 Å². The molecule has 0 aliphatic rings. The molecule has 0 amide bonds. The summed E-state index contributed by atoms with van der Waals surface area (Å²) in [7, 11) is 0. The van der Waals surface area contributed by atoms with Gasteiger partial charge >= 0.3 is 0 Å². The Morgan fingerprint density at radius 1 is 1.13 bits per heavy atom. The second kappa shape index (κ2) is 6.34. The van der Waals surface area contributed by atoms with E-state index in [-0.39, 0.29) is 12.2 Å². The number of nitrogens with zero attached hydrogens (tertiary/aromatic N) is 4. The minimum absolute atomic E-state index is 0.0613. The topological polar surface area (TPSA) is 72.4 Å². The molecule has 0 atom stereocenters. The Bertz CT molecular complexity index is 878. The first-order chi connectivity index (χ1) is 11.1. The number of fused-ring (bicyclic) bond motifs is 1. The Hall–Kier alpha value is -2.47. The highest BCUT2D eigenvalue weighted by molar-refractivity contribution is 5.34. The van der Waals surface area contributed by atoms with Crippen LogP contribution in [0.3, 0.4) is 0 Å². The van der Waals surface area contributed by atoms with E-state index in [9.17, 15) is 9.90 Å². The molecule has 0 fully saturated rings. The Labute approximate surface area is 134 Å². The van der Waals surface area contributed by atoms with Crippen LogP contribution in [0.4, 0.5) is 0 Å². The maximum Gasteiger partial charge on any atom is 0.279 e. The fraction of sp³-hybridized carbons (Fsp3) is 0.353. The molecule has 1 N–H and O–H groups in total. The molecule has 2 heterocycles. The number of hydrogen-bond donors (Lipinski definition) is 1. The number of aliphatic hydroxyl groups excluding tert-OH is 1. The number of aromatic nitrogens is 4. The first-order valence-electron chi connectivity index (χ1n) is 7.70. The Kier molecular flexibility index (Phi) is 4.25. The molecule has 3 rings (SSSR count). The van der Waals surface area contributed by atoms with Gasteiger partial charge in [-0.05, 0) is 25.8 Å². The smallest absolute Gasteiger partial charge is 0.279 e. The average molecular weight is 312 g/mol. The summed E-state index contributed by atoms with van der Waals surface area (Å²) in [6.45, 7) is 4.61. The molecule has 0 bridgehead atoms. The van der Waals surface area contributed by atoms with Gasteiger partial charge in [-0.1, -0.05) is 29.8 Å². The Morgan fingerprint density at radius 3 is 2.57 bits per heavy atom. The minimum atomic E-state index is -0.198. The highest BCUT2D eigenvalue weighted by Gasteiger charge is 2.15. The van der Waals surface area contributed by atoms with Crippen LogP contribution >= 0.6 is 0 Å². The zero-order valence-corrected chi connectivity index (χ0v) is 13.4. The number of hydrogen-bond acceptors (Lipinski definition) is 4. The zero-order valence-electron chi connectivity index (χ0n) is 13.4. The van der Waals surface area contributed by atoms with Crippen LogP contribution in [0, 0.1) is 13.8 Å². The highest BCUT2D eigenvalue weighted by atomic mass is 16.3. The summed E-state index contributed by atoms with van der Waals surface area (Å²) in [5.74, 6) is 0.543. The molecule has 6 heteroatoms. The molecule has 0 radical (unpaired) electrons. The summed E-state index contributed by atoms with van der Waals surface area (Å²) in [4.78, 5) is 16.6. The molecule has 0 aliphatic carbocycles. The van der Waals surface area contributed by atoms with Crippen LogP contribution in [0.1, 0.15) is 22.4 Å². The summed E-state index contributed by atoms with van der Waals surface area (Å²) in [6.07, 6.45) is 2.55. The van der Waals surface area contributed by atoms with Crippen LogP contribution in [0.25, 0.3) is 5.78 Å². The van der Waals surface area contributed by atoms with Gasteiger partial charge in [-0.15, -0.1) is 0 Å². The Balaban J connectivity index is 2.00. The Morgan fingerprint density at radius 2 is 1.87 bits per heavy atom. The summed E-state index contributed by atoms with van der Waals surface area (Å²) in [5.41, 5.74) is 3.70. The first kappa shape index (κ1) is 15.4. The van der Waals surface area contributed by atoms with Crippen molar-refractivity contribution in [3.8, 4) is 0 Å². The van der Waals surface area contributed by atoms with Crippen molar-refractivity contribution in [2.45, 2.75) is 33.2 Å². The van der Waals surface area contributed by atoms with Crippen LogP contribution < -0.4 is 5.56 Å². The van der Waals surface area contributed by atoms with Crippen LogP contribution in [0.15, 0.2) is 35.4 Å². The molecule has 0 spiro atoms. The predicted molar refractivity (Wildman–Crippen MR) is 87.7 cm³/mol. The molecule has 0 saturated carbocycles. The van der Waals surface area contributed by atoms with Crippen LogP contribution in [-0.2, 0) is 19.4 Å².